The predicted molar refractivity (Wildman–Crippen MR) is 100 cm³/mol. The Hall–Kier alpha value is -2.73. The van der Waals surface area contributed by atoms with E-state index in [1.54, 1.807) is 24.4 Å². The quantitative estimate of drug-likeness (QED) is 0.726. The number of rotatable bonds is 3. The molecule has 138 valence electrons. The topological polar surface area (TPSA) is 89.0 Å². The molecule has 0 radical (unpaired) electrons. The number of H-pyrrole nitrogens is 1. The molecule has 6 nitrogen and oxygen atoms in total. The fourth-order valence-corrected chi connectivity index (χ4v) is 4.93. The fraction of sp³-hybridized carbons (Fsp3) is 0.211. The van der Waals surface area contributed by atoms with Gasteiger partial charge in [-0.1, -0.05) is 6.07 Å². The Bertz CT molecular complexity index is 1160. The lowest BCUT2D eigenvalue weighted by Gasteiger charge is -2.27. The number of aromatic amines is 1. The highest BCUT2D eigenvalue weighted by molar-refractivity contribution is 7.89. The lowest BCUT2D eigenvalue weighted by Crippen LogP contribution is -2.46. The normalized spacial score (nSPS) is 15.7. The molecule has 0 unspecified atom stereocenters. The van der Waals surface area contributed by atoms with Gasteiger partial charge in [-0.25, -0.2) is 12.8 Å². The Morgan fingerprint density at radius 3 is 2.63 bits per heavy atom. The van der Waals surface area contributed by atoms with E-state index in [1.165, 1.54) is 22.5 Å². The lowest BCUT2D eigenvalue weighted by atomic mass is 10.0. The van der Waals surface area contributed by atoms with E-state index in [2.05, 4.69) is 10.3 Å². The monoisotopic (exact) mass is 384 g/mol. The fourth-order valence-electron chi connectivity index (χ4n) is 3.37. The molecule has 2 N–H and O–H groups in total. The van der Waals surface area contributed by atoms with E-state index in [4.69, 9.17) is 0 Å². The Morgan fingerprint density at radius 2 is 1.89 bits per heavy atom. The van der Waals surface area contributed by atoms with Gasteiger partial charge in [-0.15, -0.1) is 0 Å². The Balaban J connectivity index is 1.78. The predicted octanol–water partition coefficient (Wildman–Crippen LogP) is 2.44. The van der Waals surface area contributed by atoms with Crippen LogP contribution in [0.4, 0.5) is 4.39 Å². The summed E-state index contributed by atoms with van der Waals surface area (Å²) < 4.78 is 40.6. The molecule has 1 aliphatic rings. The highest BCUT2D eigenvalue weighted by Gasteiger charge is 2.28. The molecule has 2 aromatic carbocycles. The van der Waals surface area contributed by atoms with Crippen LogP contribution in [0.15, 0.2) is 47.5 Å². The van der Waals surface area contributed by atoms with Gasteiger partial charge < -0.3 is 10.3 Å². The molecule has 0 aliphatic carbocycles. The molecule has 1 fully saturated rings. The summed E-state index contributed by atoms with van der Waals surface area (Å²) in [5, 5.41) is 13.5. The highest BCUT2D eigenvalue weighted by atomic mass is 32.2. The third-order valence-electron chi connectivity index (χ3n) is 4.75. The Morgan fingerprint density at radius 1 is 1.11 bits per heavy atom. The zero-order valence-corrected chi connectivity index (χ0v) is 15.2. The first-order valence-electron chi connectivity index (χ1n) is 8.53. The molecule has 2 heterocycles. The van der Waals surface area contributed by atoms with E-state index >= 15 is 0 Å². The molecule has 0 amide bonds. The third kappa shape index (κ3) is 3.10. The van der Waals surface area contributed by atoms with Crippen LogP contribution in [0.2, 0.25) is 0 Å². The number of halogens is 1. The molecule has 4 rings (SSSR count). The number of nitrogens with one attached hydrogen (secondary N) is 2. The Kier molecular flexibility index (Phi) is 4.44. The van der Waals surface area contributed by atoms with E-state index in [1.807, 2.05) is 6.07 Å². The van der Waals surface area contributed by atoms with Crippen molar-refractivity contribution in [3.8, 4) is 17.2 Å². The Labute approximate surface area is 156 Å². The maximum atomic E-state index is 13.4. The number of fused-ring (bicyclic) bond motifs is 1. The molecule has 0 bridgehead atoms. The molecule has 0 spiro atoms. The second kappa shape index (κ2) is 6.78. The van der Waals surface area contributed by atoms with Crippen molar-refractivity contribution in [1.82, 2.24) is 14.6 Å². The van der Waals surface area contributed by atoms with E-state index in [9.17, 15) is 18.1 Å². The smallest absolute Gasteiger partial charge is 0.244 e. The zero-order chi connectivity index (χ0) is 19.0. The first-order valence-corrected chi connectivity index (χ1v) is 9.97. The molecule has 0 atom stereocenters. The second-order valence-electron chi connectivity index (χ2n) is 6.37. The van der Waals surface area contributed by atoms with Crippen LogP contribution in [0.1, 0.15) is 5.56 Å². The van der Waals surface area contributed by atoms with Crippen molar-refractivity contribution in [2.24, 2.45) is 0 Å². The standard InChI is InChI=1S/C19H17FN4O2S/c20-15-2-3-16-17(12-23-18(16)10-15)13-1-4-19(14(9-13)11-21)27(25,26)24-7-5-22-6-8-24/h1-4,9-10,12,22-23H,5-8H2. The first-order chi connectivity index (χ1) is 13.0. The molecule has 0 saturated carbocycles. The number of hydrogen-bond donors (Lipinski definition) is 2. The number of benzene rings is 2. The van der Waals surface area contributed by atoms with Crippen molar-refractivity contribution < 1.29 is 12.8 Å². The van der Waals surface area contributed by atoms with Crippen LogP contribution in [-0.4, -0.2) is 43.9 Å². The van der Waals surface area contributed by atoms with Crippen LogP contribution in [0.5, 0.6) is 0 Å². The van der Waals surface area contributed by atoms with Crippen LogP contribution >= 0.6 is 0 Å². The maximum absolute atomic E-state index is 13.4. The summed E-state index contributed by atoms with van der Waals surface area (Å²) in [6, 6.07) is 11.2. The number of hydrogen-bond acceptors (Lipinski definition) is 4. The number of piperazine rings is 1. The minimum Gasteiger partial charge on any atom is -0.360 e. The zero-order valence-electron chi connectivity index (χ0n) is 14.4. The SMILES string of the molecule is N#Cc1cc(-c2c[nH]c3cc(F)ccc23)ccc1S(=O)(=O)N1CCNCC1. The van der Waals surface area contributed by atoms with Gasteiger partial charge in [-0.05, 0) is 35.9 Å². The van der Waals surface area contributed by atoms with Crippen molar-refractivity contribution in [3.63, 3.8) is 0 Å². The van der Waals surface area contributed by atoms with Gasteiger partial charge in [0.25, 0.3) is 0 Å². The molecular formula is C19H17FN4O2S. The molecular weight excluding hydrogens is 367 g/mol. The molecule has 8 heteroatoms. The average molecular weight is 384 g/mol. The van der Waals surface area contributed by atoms with Crippen molar-refractivity contribution in [2.45, 2.75) is 4.90 Å². The van der Waals surface area contributed by atoms with Gasteiger partial charge in [0.1, 0.15) is 11.9 Å². The molecule has 1 aromatic heterocycles. The minimum atomic E-state index is -3.73. The second-order valence-corrected chi connectivity index (χ2v) is 8.28. The first kappa shape index (κ1) is 17.7. The number of nitrogens with zero attached hydrogens (tertiary/aromatic N) is 2. The molecule has 27 heavy (non-hydrogen) atoms. The van der Waals surface area contributed by atoms with E-state index in [0.29, 0.717) is 37.3 Å². The maximum Gasteiger partial charge on any atom is 0.244 e. The van der Waals surface area contributed by atoms with Gasteiger partial charge in [0.2, 0.25) is 10.0 Å². The number of sulfonamides is 1. The van der Waals surface area contributed by atoms with Gasteiger partial charge >= 0.3 is 0 Å². The van der Waals surface area contributed by atoms with Gasteiger partial charge in [-0.2, -0.15) is 9.57 Å². The largest absolute Gasteiger partial charge is 0.360 e. The summed E-state index contributed by atoms with van der Waals surface area (Å²) in [5.74, 6) is -0.342. The van der Waals surface area contributed by atoms with E-state index in [-0.39, 0.29) is 16.3 Å². The lowest BCUT2D eigenvalue weighted by molar-refractivity contribution is 0.360. The van der Waals surface area contributed by atoms with Gasteiger partial charge in [0, 0.05) is 48.8 Å². The number of aromatic nitrogens is 1. The summed E-state index contributed by atoms with van der Waals surface area (Å²) in [6.07, 6.45) is 1.73. The summed E-state index contributed by atoms with van der Waals surface area (Å²) in [7, 11) is -3.73. The van der Waals surface area contributed by atoms with Crippen LogP contribution < -0.4 is 5.32 Å². The molecule has 1 aliphatic heterocycles. The van der Waals surface area contributed by atoms with Crippen LogP contribution in [-0.2, 0) is 10.0 Å². The number of nitriles is 1. The van der Waals surface area contributed by atoms with Crippen molar-refractivity contribution in [3.05, 3.63) is 54.0 Å². The van der Waals surface area contributed by atoms with Crippen LogP contribution in [0, 0.1) is 17.1 Å². The van der Waals surface area contributed by atoms with Crippen molar-refractivity contribution in [2.75, 3.05) is 26.2 Å². The molecule has 3 aromatic rings. The van der Waals surface area contributed by atoms with Gasteiger partial charge in [0.05, 0.1) is 10.5 Å². The third-order valence-corrected chi connectivity index (χ3v) is 6.71. The molecule has 1 saturated heterocycles. The average Bonchev–Trinajstić information content (AvgIpc) is 3.11. The van der Waals surface area contributed by atoms with Crippen molar-refractivity contribution in [1.29, 1.82) is 5.26 Å². The van der Waals surface area contributed by atoms with Gasteiger partial charge in [-0.3, -0.25) is 0 Å². The highest BCUT2D eigenvalue weighted by Crippen LogP contribution is 2.32. The summed E-state index contributed by atoms with van der Waals surface area (Å²) in [5.41, 5.74) is 2.22. The summed E-state index contributed by atoms with van der Waals surface area (Å²) in [6.45, 7) is 1.93. The van der Waals surface area contributed by atoms with Crippen molar-refractivity contribution >= 4 is 20.9 Å². The minimum absolute atomic E-state index is 0.0153. The van der Waals surface area contributed by atoms with Gasteiger partial charge in [0.15, 0.2) is 0 Å². The van der Waals surface area contributed by atoms with E-state index in [0.717, 1.165) is 10.9 Å². The van der Waals surface area contributed by atoms with Crippen LogP contribution in [0.3, 0.4) is 0 Å². The van der Waals surface area contributed by atoms with E-state index < -0.39 is 10.0 Å². The summed E-state index contributed by atoms with van der Waals surface area (Å²) in [4.78, 5) is 3.02. The summed E-state index contributed by atoms with van der Waals surface area (Å²) >= 11 is 0. The van der Waals surface area contributed by atoms with Crippen LogP contribution in [0.25, 0.3) is 22.0 Å².